The molecule has 1 aliphatic rings. The van der Waals surface area contributed by atoms with E-state index in [0.717, 1.165) is 0 Å². The van der Waals surface area contributed by atoms with E-state index >= 15 is 0 Å². The minimum atomic E-state index is -1.30. The van der Waals surface area contributed by atoms with E-state index in [0.29, 0.717) is 51.3 Å². The number of nitrogens with zero attached hydrogens (tertiary/aromatic N) is 2. The summed E-state index contributed by atoms with van der Waals surface area (Å²) in [5, 5.41) is 20.3. The van der Waals surface area contributed by atoms with E-state index in [1.807, 2.05) is 0 Å². The van der Waals surface area contributed by atoms with Gasteiger partial charge in [-0.05, 0) is 30.7 Å². The van der Waals surface area contributed by atoms with Crippen LogP contribution in [0, 0.1) is 0 Å². The molecular weight excluding hydrogens is 550 g/mol. The number of alkyl halides is 2. The molecule has 190 valence electrons. The highest BCUT2D eigenvalue weighted by Crippen LogP contribution is 2.36. The first-order valence-corrected chi connectivity index (χ1v) is 12.7. The van der Waals surface area contributed by atoms with Gasteiger partial charge in [-0.2, -0.15) is 0 Å². The zero-order valence-electron chi connectivity index (χ0n) is 18.8. The zero-order valence-corrected chi connectivity index (χ0v) is 21.8. The normalized spacial score (nSPS) is 17.4. The maximum absolute atomic E-state index is 12.8. The molecule has 36 heavy (non-hydrogen) atoms. The molecule has 12 heteroatoms. The van der Waals surface area contributed by atoms with Crippen molar-refractivity contribution in [3.8, 4) is 22.6 Å². The molecule has 1 unspecified atom stereocenters. The Morgan fingerprint density at radius 1 is 1.17 bits per heavy atom. The Balaban J connectivity index is 1.52. The lowest BCUT2D eigenvalue weighted by Crippen LogP contribution is -2.45. The average molecular weight is 572 g/mol. The Bertz CT molecular complexity index is 1230. The van der Waals surface area contributed by atoms with Crippen molar-refractivity contribution in [2.45, 2.75) is 23.4 Å². The Kier molecular flexibility index (Phi) is 8.77. The summed E-state index contributed by atoms with van der Waals surface area (Å²) >= 11 is 24.4. The minimum Gasteiger partial charge on any atom is -0.392 e. The van der Waals surface area contributed by atoms with Gasteiger partial charge in [-0.15, -0.1) is 0 Å². The molecule has 2 heterocycles. The summed E-state index contributed by atoms with van der Waals surface area (Å²) < 4.78 is 5.53. The third-order valence-electron chi connectivity index (χ3n) is 5.68. The Morgan fingerprint density at radius 3 is 2.56 bits per heavy atom. The highest BCUT2D eigenvalue weighted by molar-refractivity contribution is 6.54. The molecular formula is C24H22Cl4N4O4. The van der Waals surface area contributed by atoms with Crippen molar-refractivity contribution in [1.29, 1.82) is 0 Å². The molecule has 3 N–H and O–H groups in total. The second-order valence-corrected chi connectivity index (χ2v) is 10.1. The topological polar surface area (TPSA) is 108 Å². The molecule has 0 radical (unpaired) electrons. The number of aliphatic hydroxyl groups is 1. The quantitative estimate of drug-likeness (QED) is 0.348. The monoisotopic (exact) mass is 570 g/mol. The van der Waals surface area contributed by atoms with Crippen LogP contribution in [-0.4, -0.2) is 58.7 Å². The first-order chi connectivity index (χ1) is 17.2. The maximum atomic E-state index is 12.8. The van der Waals surface area contributed by atoms with Gasteiger partial charge in [0.15, 0.2) is 10.6 Å². The molecule has 0 aliphatic carbocycles. The number of aromatic nitrogens is 1. The molecule has 1 saturated heterocycles. The SMILES string of the molecule is O=C(NCCN(C(=O)C(Cl)Cl)c1cccc(-c2cc(-c3c(Cl)cccc3Cl)no2)c1)[C@@H]1CC(O)CN1. The Morgan fingerprint density at radius 2 is 1.89 bits per heavy atom. The van der Waals surface area contributed by atoms with Gasteiger partial charge in [-0.25, -0.2) is 0 Å². The number of nitrogens with one attached hydrogen (secondary N) is 2. The van der Waals surface area contributed by atoms with Crippen molar-refractivity contribution in [3.05, 3.63) is 58.6 Å². The van der Waals surface area contributed by atoms with Crippen LogP contribution in [0.15, 0.2) is 53.1 Å². The molecule has 4 rings (SSSR count). The molecule has 0 saturated carbocycles. The zero-order chi connectivity index (χ0) is 25.8. The van der Waals surface area contributed by atoms with E-state index in [2.05, 4.69) is 15.8 Å². The van der Waals surface area contributed by atoms with Crippen LogP contribution in [0.4, 0.5) is 5.69 Å². The standard InChI is InChI=1S/C24H22Cl4N4O4/c25-16-5-2-6-17(26)21(16)18-11-20(36-31-18)13-3-1-4-14(9-13)32(24(35)22(27)28)8-7-29-23(34)19-10-15(33)12-30-19/h1-6,9,11,15,19,22,30,33H,7-8,10,12H2,(H,29,34)/t15?,19-/m0/s1. The van der Waals surface area contributed by atoms with Gasteiger partial charge in [0.05, 0.1) is 22.2 Å². The molecule has 1 aliphatic heterocycles. The lowest BCUT2D eigenvalue weighted by molar-refractivity contribution is -0.123. The van der Waals surface area contributed by atoms with Gasteiger partial charge >= 0.3 is 0 Å². The predicted octanol–water partition coefficient (Wildman–Crippen LogP) is 4.29. The fourth-order valence-corrected chi connectivity index (χ4v) is 4.74. The van der Waals surface area contributed by atoms with E-state index in [1.54, 1.807) is 48.5 Å². The van der Waals surface area contributed by atoms with Crippen LogP contribution in [0.3, 0.4) is 0 Å². The summed E-state index contributed by atoms with van der Waals surface area (Å²) in [4.78, 5) is 25.2. The number of carbonyl (C=O) groups is 2. The van der Waals surface area contributed by atoms with E-state index in [4.69, 9.17) is 50.9 Å². The van der Waals surface area contributed by atoms with E-state index in [-0.39, 0.29) is 19.0 Å². The van der Waals surface area contributed by atoms with Crippen LogP contribution in [0.2, 0.25) is 10.0 Å². The van der Waals surface area contributed by atoms with Crippen LogP contribution in [0.5, 0.6) is 0 Å². The molecule has 0 spiro atoms. The van der Waals surface area contributed by atoms with Gasteiger partial charge in [-0.3, -0.25) is 9.59 Å². The smallest absolute Gasteiger partial charge is 0.260 e. The number of aliphatic hydroxyl groups excluding tert-OH is 1. The predicted molar refractivity (Wildman–Crippen MR) is 141 cm³/mol. The van der Waals surface area contributed by atoms with Crippen molar-refractivity contribution in [2.75, 3.05) is 24.5 Å². The molecule has 2 amide bonds. The largest absolute Gasteiger partial charge is 0.392 e. The fraction of sp³-hybridized carbons (Fsp3) is 0.292. The highest BCUT2D eigenvalue weighted by Gasteiger charge is 2.28. The van der Waals surface area contributed by atoms with Gasteiger partial charge in [0.2, 0.25) is 5.91 Å². The molecule has 1 fully saturated rings. The number of rotatable bonds is 8. The summed E-state index contributed by atoms with van der Waals surface area (Å²) in [7, 11) is 0. The van der Waals surface area contributed by atoms with Crippen molar-refractivity contribution in [2.24, 2.45) is 0 Å². The van der Waals surface area contributed by atoms with Crippen molar-refractivity contribution < 1.29 is 19.2 Å². The van der Waals surface area contributed by atoms with E-state index in [1.165, 1.54) is 4.90 Å². The summed E-state index contributed by atoms with van der Waals surface area (Å²) in [6.07, 6.45) is -0.221. The summed E-state index contributed by atoms with van der Waals surface area (Å²) in [6.45, 7) is 0.638. The molecule has 2 atom stereocenters. The van der Waals surface area contributed by atoms with Crippen molar-refractivity contribution in [1.82, 2.24) is 15.8 Å². The Hall–Kier alpha value is -2.33. The van der Waals surface area contributed by atoms with Gasteiger partial charge in [-0.1, -0.05) is 69.8 Å². The van der Waals surface area contributed by atoms with E-state index < -0.39 is 22.9 Å². The van der Waals surface area contributed by atoms with Crippen molar-refractivity contribution >= 4 is 63.9 Å². The first-order valence-electron chi connectivity index (χ1n) is 11.0. The van der Waals surface area contributed by atoms with Gasteiger partial charge in [0.25, 0.3) is 5.91 Å². The first kappa shape index (κ1) is 26.7. The third-order valence-corrected chi connectivity index (χ3v) is 6.69. The number of β-amino-alcohol motifs (C(OH)–C–C–N with tert-alkyl or cyclic N) is 1. The van der Waals surface area contributed by atoms with E-state index in [9.17, 15) is 14.7 Å². The molecule has 2 aromatic carbocycles. The summed E-state index contributed by atoms with van der Waals surface area (Å²) in [6, 6.07) is 13.4. The number of hydrogen-bond donors (Lipinski definition) is 3. The van der Waals surface area contributed by atoms with Crippen LogP contribution >= 0.6 is 46.4 Å². The number of carbonyl (C=O) groups excluding carboxylic acids is 2. The molecule has 3 aromatic rings. The maximum Gasteiger partial charge on any atom is 0.260 e. The molecule has 8 nitrogen and oxygen atoms in total. The van der Waals surface area contributed by atoms with Crippen LogP contribution < -0.4 is 15.5 Å². The summed E-state index contributed by atoms with van der Waals surface area (Å²) in [5.41, 5.74) is 2.16. The molecule has 0 bridgehead atoms. The molecule has 1 aromatic heterocycles. The van der Waals surface area contributed by atoms with Crippen LogP contribution in [-0.2, 0) is 9.59 Å². The van der Waals surface area contributed by atoms with Gasteiger partial charge < -0.3 is 25.2 Å². The van der Waals surface area contributed by atoms with Crippen molar-refractivity contribution in [3.63, 3.8) is 0 Å². The Labute approximate surface area is 227 Å². The number of anilines is 1. The second kappa shape index (κ2) is 11.8. The fourth-order valence-electron chi connectivity index (χ4n) is 3.91. The summed E-state index contributed by atoms with van der Waals surface area (Å²) in [5.74, 6) is -0.364. The lowest BCUT2D eigenvalue weighted by Gasteiger charge is -2.24. The lowest BCUT2D eigenvalue weighted by atomic mass is 10.1. The van der Waals surface area contributed by atoms with Gasteiger partial charge in [0.1, 0.15) is 5.69 Å². The number of halogens is 4. The van der Waals surface area contributed by atoms with Crippen LogP contribution in [0.25, 0.3) is 22.6 Å². The number of benzene rings is 2. The average Bonchev–Trinajstić information content (AvgIpc) is 3.51. The second-order valence-electron chi connectivity index (χ2n) is 8.16. The highest BCUT2D eigenvalue weighted by atomic mass is 35.5. The number of amides is 2. The van der Waals surface area contributed by atoms with Crippen LogP contribution in [0.1, 0.15) is 6.42 Å². The number of hydrogen-bond acceptors (Lipinski definition) is 6. The minimum absolute atomic E-state index is 0.121. The van der Waals surface area contributed by atoms with Gasteiger partial charge in [0, 0.05) is 42.5 Å². The third kappa shape index (κ3) is 6.14.